The fourth-order valence-corrected chi connectivity index (χ4v) is 2.59. The van der Waals surface area contributed by atoms with E-state index < -0.39 is 0 Å². The van der Waals surface area contributed by atoms with E-state index >= 15 is 0 Å². The lowest BCUT2D eigenvalue weighted by atomic mass is 10.1. The van der Waals surface area contributed by atoms with Crippen molar-refractivity contribution in [2.24, 2.45) is 0 Å². The highest BCUT2D eigenvalue weighted by Crippen LogP contribution is 2.33. The summed E-state index contributed by atoms with van der Waals surface area (Å²) in [5, 5.41) is 1.60. The third-order valence-electron chi connectivity index (χ3n) is 2.77. The van der Waals surface area contributed by atoms with Gasteiger partial charge in [-0.1, -0.05) is 46.4 Å². The number of halogens is 4. The van der Waals surface area contributed by atoms with E-state index in [0.29, 0.717) is 26.6 Å². The van der Waals surface area contributed by atoms with Gasteiger partial charge < -0.3 is 4.42 Å². The first-order valence-electron chi connectivity index (χ1n) is 5.18. The van der Waals surface area contributed by atoms with Crippen LogP contribution in [0.3, 0.4) is 0 Å². The van der Waals surface area contributed by atoms with E-state index in [1.807, 2.05) is 0 Å². The molecule has 0 radical (unpaired) electrons. The van der Waals surface area contributed by atoms with Crippen LogP contribution in [0.2, 0.25) is 20.1 Å². The molecule has 0 aliphatic carbocycles. The second-order valence-electron chi connectivity index (χ2n) is 3.93. The van der Waals surface area contributed by atoms with Gasteiger partial charge in [0.05, 0.1) is 30.9 Å². The van der Waals surface area contributed by atoms with Gasteiger partial charge in [0, 0.05) is 6.07 Å². The molecule has 3 rings (SSSR count). The maximum Gasteiger partial charge on any atom is 0.202 e. The molecule has 0 fully saturated rings. The van der Waals surface area contributed by atoms with Gasteiger partial charge in [-0.15, -0.1) is 0 Å². The van der Waals surface area contributed by atoms with E-state index in [1.165, 1.54) is 12.1 Å². The third kappa shape index (κ3) is 2.00. The molecule has 2 aromatic carbocycles. The fraction of sp³-hybridized carbons (Fsp3) is 0. The van der Waals surface area contributed by atoms with Gasteiger partial charge in [-0.3, -0.25) is 4.79 Å². The van der Waals surface area contributed by atoms with Crippen LogP contribution in [0.4, 0.5) is 0 Å². The van der Waals surface area contributed by atoms with E-state index in [4.69, 9.17) is 50.8 Å². The maximum atomic E-state index is 12.4. The van der Waals surface area contributed by atoms with Crippen molar-refractivity contribution in [1.82, 2.24) is 0 Å². The number of rotatable bonds is 0. The lowest BCUT2D eigenvalue weighted by molar-refractivity contribution is 0.660. The standard InChI is InChI=1S/C13H4Cl4O2/c14-6-1-2-9-11(12(6)17)13(18)5-3-7(15)8(16)4-10(5)19-9/h1-4H. The number of benzene rings is 2. The molecule has 2 nitrogen and oxygen atoms in total. The minimum atomic E-state index is -0.290. The summed E-state index contributed by atoms with van der Waals surface area (Å²) in [4.78, 5) is 12.4. The molecule has 0 spiro atoms. The molecule has 0 aliphatic heterocycles. The highest BCUT2D eigenvalue weighted by molar-refractivity contribution is 6.45. The summed E-state index contributed by atoms with van der Waals surface area (Å²) in [5.74, 6) is 0. The minimum Gasteiger partial charge on any atom is -0.456 e. The van der Waals surface area contributed by atoms with Gasteiger partial charge in [-0.2, -0.15) is 0 Å². The van der Waals surface area contributed by atoms with Crippen LogP contribution in [0.25, 0.3) is 21.9 Å². The molecular formula is C13H4Cl4O2. The first kappa shape index (κ1) is 13.1. The van der Waals surface area contributed by atoms with E-state index in [0.717, 1.165) is 0 Å². The summed E-state index contributed by atoms with van der Waals surface area (Å²) >= 11 is 23.8. The molecule has 0 amide bonds. The largest absolute Gasteiger partial charge is 0.456 e. The van der Waals surface area contributed by atoms with E-state index in [2.05, 4.69) is 0 Å². The Morgan fingerprint density at radius 2 is 1.53 bits per heavy atom. The Bertz CT molecular complexity index is 883. The monoisotopic (exact) mass is 332 g/mol. The van der Waals surface area contributed by atoms with Crippen molar-refractivity contribution < 1.29 is 4.42 Å². The molecule has 0 bridgehead atoms. The molecular weight excluding hydrogens is 330 g/mol. The average molecular weight is 334 g/mol. The van der Waals surface area contributed by atoms with Crippen LogP contribution in [0.5, 0.6) is 0 Å². The van der Waals surface area contributed by atoms with Crippen molar-refractivity contribution in [3.63, 3.8) is 0 Å². The van der Waals surface area contributed by atoms with Gasteiger partial charge in [0.1, 0.15) is 11.2 Å². The highest BCUT2D eigenvalue weighted by Gasteiger charge is 2.14. The smallest absolute Gasteiger partial charge is 0.202 e. The number of hydrogen-bond donors (Lipinski definition) is 0. The maximum absolute atomic E-state index is 12.4. The first-order valence-corrected chi connectivity index (χ1v) is 6.70. The van der Waals surface area contributed by atoms with Crippen molar-refractivity contribution in [1.29, 1.82) is 0 Å². The van der Waals surface area contributed by atoms with Gasteiger partial charge in [-0.05, 0) is 18.2 Å². The molecule has 0 saturated carbocycles. The molecule has 6 heteroatoms. The second-order valence-corrected chi connectivity index (χ2v) is 5.53. The van der Waals surface area contributed by atoms with Crippen LogP contribution in [0.1, 0.15) is 0 Å². The summed E-state index contributed by atoms with van der Waals surface area (Å²) in [6.07, 6.45) is 0. The zero-order valence-corrected chi connectivity index (χ0v) is 12.2. The Hall–Kier alpha value is -0.930. The summed E-state index contributed by atoms with van der Waals surface area (Å²) in [6.45, 7) is 0. The average Bonchev–Trinajstić information content (AvgIpc) is 2.37. The summed E-state index contributed by atoms with van der Waals surface area (Å²) < 4.78 is 5.61. The normalized spacial score (nSPS) is 11.4. The Morgan fingerprint density at radius 1 is 0.842 bits per heavy atom. The fourth-order valence-electron chi connectivity index (χ4n) is 1.87. The molecule has 0 atom stereocenters. The first-order chi connectivity index (χ1) is 8.99. The van der Waals surface area contributed by atoms with Crippen molar-refractivity contribution in [3.8, 4) is 0 Å². The molecule has 1 heterocycles. The lowest BCUT2D eigenvalue weighted by Crippen LogP contribution is -2.03. The van der Waals surface area contributed by atoms with Gasteiger partial charge >= 0.3 is 0 Å². The van der Waals surface area contributed by atoms with Crippen molar-refractivity contribution in [3.05, 3.63) is 54.6 Å². The Labute approximate surface area is 127 Å². The van der Waals surface area contributed by atoms with Crippen LogP contribution < -0.4 is 5.43 Å². The predicted molar refractivity (Wildman–Crippen MR) is 80.0 cm³/mol. The minimum absolute atomic E-state index is 0.167. The van der Waals surface area contributed by atoms with Gasteiger partial charge in [-0.25, -0.2) is 0 Å². The SMILES string of the molecule is O=c1c2cc(Cl)c(Cl)cc2oc2ccc(Cl)c(Cl)c12. The lowest BCUT2D eigenvalue weighted by Gasteiger charge is -2.05. The Morgan fingerprint density at radius 3 is 2.26 bits per heavy atom. The number of hydrogen-bond acceptors (Lipinski definition) is 2. The predicted octanol–water partition coefficient (Wildman–Crippen LogP) is 5.56. The molecule has 0 saturated heterocycles. The van der Waals surface area contributed by atoms with E-state index in [1.54, 1.807) is 12.1 Å². The highest BCUT2D eigenvalue weighted by atomic mass is 35.5. The second kappa shape index (κ2) is 4.57. The Kier molecular flexibility index (Phi) is 3.14. The van der Waals surface area contributed by atoms with Crippen molar-refractivity contribution in [2.45, 2.75) is 0 Å². The van der Waals surface area contributed by atoms with Gasteiger partial charge in [0.25, 0.3) is 0 Å². The summed E-state index contributed by atoms with van der Waals surface area (Å²) in [5.41, 5.74) is 0.415. The molecule has 1 aromatic heterocycles. The molecule has 19 heavy (non-hydrogen) atoms. The molecule has 3 aromatic rings. The zero-order valence-electron chi connectivity index (χ0n) is 9.14. The topological polar surface area (TPSA) is 30.2 Å². The van der Waals surface area contributed by atoms with E-state index in [9.17, 15) is 4.79 Å². The van der Waals surface area contributed by atoms with Crippen LogP contribution in [-0.2, 0) is 0 Å². The van der Waals surface area contributed by atoms with Crippen LogP contribution in [-0.4, -0.2) is 0 Å². The van der Waals surface area contributed by atoms with Crippen LogP contribution >= 0.6 is 46.4 Å². The van der Waals surface area contributed by atoms with Gasteiger partial charge in [0.15, 0.2) is 0 Å². The van der Waals surface area contributed by atoms with Gasteiger partial charge in [0.2, 0.25) is 5.43 Å². The molecule has 0 aliphatic rings. The van der Waals surface area contributed by atoms with Crippen molar-refractivity contribution in [2.75, 3.05) is 0 Å². The molecule has 96 valence electrons. The zero-order chi connectivity index (χ0) is 13.7. The molecule has 0 N–H and O–H groups in total. The molecule has 0 unspecified atom stereocenters. The van der Waals surface area contributed by atoms with E-state index in [-0.39, 0.29) is 20.9 Å². The summed E-state index contributed by atoms with van der Waals surface area (Å²) in [7, 11) is 0. The van der Waals surface area contributed by atoms with Crippen molar-refractivity contribution >= 4 is 68.3 Å². The quantitative estimate of drug-likeness (QED) is 0.504. The van der Waals surface area contributed by atoms with Crippen LogP contribution in [0.15, 0.2) is 33.5 Å². The summed E-state index contributed by atoms with van der Waals surface area (Å²) in [6, 6.07) is 6.12. The third-order valence-corrected chi connectivity index (χ3v) is 4.30. The Balaban J connectivity index is 2.61. The number of fused-ring (bicyclic) bond motifs is 2. The van der Waals surface area contributed by atoms with Crippen LogP contribution in [0, 0.1) is 0 Å².